The van der Waals surface area contributed by atoms with Crippen molar-refractivity contribution in [1.29, 1.82) is 0 Å². The lowest BCUT2D eigenvalue weighted by Crippen LogP contribution is -2.55. The van der Waals surface area contributed by atoms with E-state index in [0.29, 0.717) is 12.8 Å². The van der Waals surface area contributed by atoms with E-state index < -0.39 is 34.6 Å². The summed E-state index contributed by atoms with van der Waals surface area (Å²) < 4.78 is 47.2. The van der Waals surface area contributed by atoms with E-state index in [9.17, 15) is 22.8 Å². The van der Waals surface area contributed by atoms with Crippen LogP contribution in [0.15, 0.2) is 6.07 Å². The Hall–Kier alpha value is -2.05. The maximum absolute atomic E-state index is 14.4. The van der Waals surface area contributed by atoms with Crippen LogP contribution in [0.5, 0.6) is 0 Å². The number of ketones is 1. The summed E-state index contributed by atoms with van der Waals surface area (Å²) in [6.45, 7) is 1.73. The van der Waals surface area contributed by atoms with Crippen LogP contribution in [0.2, 0.25) is 0 Å². The minimum Gasteiger partial charge on any atom is -0.465 e. The van der Waals surface area contributed by atoms with Crippen molar-refractivity contribution in [2.24, 2.45) is 11.3 Å². The van der Waals surface area contributed by atoms with Gasteiger partial charge < -0.3 is 9.64 Å². The highest BCUT2D eigenvalue weighted by molar-refractivity contribution is 6.17. The highest BCUT2D eigenvalue weighted by Gasteiger charge is 2.62. The fourth-order valence-electron chi connectivity index (χ4n) is 3.87. The lowest BCUT2D eigenvalue weighted by Gasteiger charge is -2.42. The quantitative estimate of drug-likeness (QED) is 0.474. The maximum atomic E-state index is 14.4. The van der Waals surface area contributed by atoms with E-state index in [1.807, 2.05) is 0 Å². The SMILES string of the molecule is CCOC(=O)C1(C2CC2)CN(C2CC2)c2c(cc(F)c(F)c2F)C1=O. The molecule has 0 radical (unpaired) electrons. The molecule has 0 saturated heterocycles. The van der Waals surface area contributed by atoms with Crippen molar-refractivity contribution in [1.82, 2.24) is 0 Å². The molecule has 0 bridgehead atoms. The van der Waals surface area contributed by atoms with Crippen LogP contribution in [0.25, 0.3) is 0 Å². The Labute approximate surface area is 142 Å². The molecule has 0 aromatic heterocycles. The summed E-state index contributed by atoms with van der Waals surface area (Å²) in [5, 5.41) is 0. The largest absolute Gasteiger partial charge is 0.465 e. The van der Waals surface area contributed by atoms with E-state index in [-0.39, 0.29) is 36.4 Å². The van der Waals surface area contributed by atoms with E-state index in [1.54, 1.807) is 11.8 Å². The Bertz CT molecular complexity index is 773. The molecular weight excluding hydrogens is 335 g/mol. The average Bonchev–Trinajstić information content (AvgIpc) is 3.46. The van der Waals surface area contributed by atoms with Crippen LogP contribution in [-0.4, -0.2) is 30.9 Å². The number of benzene rings is 1. The molecule has 4 nitrogen and oxygen atoms in total. The first-order valence-corrected chi connectivity index (χ1v) is 8.58. The van der Waals surface area contributed by atoms with Crippen LogP contribution >= 0.6 is 0 Å². The molecule has 2 fully saturated rings. The van der Waals surface area contributed by atoms with Crippen LogP contribution in [0, 0.1) is 28.8 Å². The first-order valence-electron chi connectivity index (χ1n) is 8.58. The molecule has 4 rings (SSSR count). The molecule has 2 aliphatic carbocycles. The minimum atomic E-state index is -1.59. The summed E-state index contributed by atoms with van der Waals surface area (Å²) in [4.78, 5) is 27.4. The maximum Gasteiger partial charge on any atom is 0.322 e. The van der Waals surface area contributed by atoms with Crippen molar-refractivity contribution in [2.75, 3.05) is 18.1 Å². The van der Waals surface area contributed by atoms with Gasteiger partial charge in [-0.15, -0.1) is 0 Å². The molecular formula is C18H18F3NO3. The van der Waals surface area contributed by atoms with Crippen molar-refractivity contribution in [3.05, 3.63) is 29.1 Å². The summed E-state index contributed by atoms with van der Waals surface area (Å²) in [6, 6.07) is 0.653. The van der Waals surface area contributed by atoms with Gasteiger partial charge in [-0.3, -0.25) is 9.59 Å². The number of hydrogen-bond acceptors (Lipinski definition) is 4. The van der Waals surface area contributed by atoms with Crippen LogP contribution in [0.1, 0.15) is 43.0 Å². The van der Waals surface area contributed by atoms with Crippen LogP contribution < -0.4 is 4.90 Å². The zero-order valence-corrected chi connectivity index (χ0v) is 13.8. The molecule has 0 N–H and O–H groups in total. The van der Waals surface area contributed by atoms with E-state index in [1.165, 1.54) is 0 Å². The molecule has 134 valence electrons. The van der Waals surface area contributed by atoms with Gasteiger partial charge in [0, 0.05) is 18.2 Å². The summed E-state index contributed by atoms with van der Waals surface area (Å²) >= 11 is 0. The molecule has 1 heterocycles. The average molecular weight is 353 g/mol. The molecule has 1 unspecified atom stereocenters. The Morgan fingerprint density at radius 3 is 2.48 bits per heavy atom. The van der Waals surface area contributed by atoms with Gasteiger partial charge in [-0.2, -0.15) is 0 Å². The number of Topliss-reactive ketones (excluding diaryl/α,β-unsaturated/α-hetero) is 1. The fraction of sp³-hybridized carbons (Fsp3) is 0.556. The zero-order chi connectivity index (χ0) is 17.9. The van der Waals surface area contributed by atoms with Crippen molar-refractivity contribution in [3.8, 4) is 0 Å². The number of fused-ring (bicyclic) bond motifs is 1. The molecule has 0 amide bonds. The van der Waals surface area contributed by atoms with E-state index in [2.05, 4.69) is 0 Å². The number of carbonyl (C=O) groups is 2. The van der Waals surface area contributed by atoms with Gasteiger partial charge in [-0.25, -0.2) is 13.2 Å². The Balaban J connectivity index is 1.91. The normalized spacial score (nSPS) is 25.8. The van der Waals surface area contributed by atoms with Crippen LogP contribution in [0.3, 0.4) is 0 Å². The molecule has 3 aliphatic rings. The lowest BCUT2D eigenvalue weighted by atomic mass is 9.72. The second kappa shape index (κ2) is 5.47. The Morgan fingerprint density at radius 1 is 1.24 bits per heavy atom. The standard InChI is InChI=1S/C18H18F3NO3/c1-2-25-17(24)18(9-3-4-9)8-22(10-5-6-10)15-11(16(18)23)7-12(19)13(20)14(15)21/h7,9-10H,2-6,8H2,1H3. The van der Waals surface area contributed by atoms with Crippen molar-refractivity contribution in [2.45, 2.75) is 38.6 Å². The second-order valence-electron chi connectivity index (χ2n) is 7.04. The predicted octanol–water partition coefficient (Wildman–Crippen LogP) is 3.23. The van der Waals surface area contributed by atoms with Gasteiger partial charge in [0.2, 0.25) is 0 Å². The monoisotopic (exact) mass is 353 g/mol. The number of rotatable bonds is 4. The molecule has 1 aromatic rings. The molecule has 0 spiro atoms. The van der Waals surface area contributed by atoms with Crippen LogP contribution in [-0.2, 0) is 9.53 Å². The number of carbonyl (C=O) groups excluding carboxylic acids is 2. The third-order valence-corrected chi connectivity index (χ3v) is 5.39. The summed E-state index contributed by atoms with van der Waals surface area (Å²) in [6.07, 6.45) is 2.89. The first-order chi connectivity index (χ1) is 11.9. The lowest BCUT2D eigenvalue weighted by molar-refractivity contribution is -0.153. The third-order valence-electron chi connectivity index (χ3n) is 5.39. The number of ether oxygens (including phenoxy) is 1. The van der Waals surface area contributed by atoms with Gasteiger partial charge in [0.25, 0.3) is 0 Å². The van der Waals surface area contributed by atoms with Crippen molar-refractivity contribution < 1.29 is 27.5 Å². The summed E-state index contributed by atoms with van der Waals surface area (Å²) in [5.74, 6) is -5.88. The van der Waals surface area contributed by atoms with Gasteiger partial charge in [-0.05, 0) is 44.6 Å². The summed E-state index contributed by atoms with van der Waals surface area (Å²) in [7, 11) is 0. The number of nitrogens with zero attached hydrogens (tertiary/aromatic N) is 1. The predicted molar refractivity (Wildman–Crippen MR) is 82.8 cm³/mol. The van der Waals surface area contributed by atoms with Gasteiger partial charge >= 0.3 is 5.97 Å². The fourth-order valence-corrected chi connectivity index (χ4v) is 3.87. The van der Waals surface area contributed by atoms with Crippen LogP contribution in [0.4, 0.5) is 18.9 Å². The van der Waals surface area contributed by atoms with E-state index in [4.69, 9.17) is 4.74 Å². The highest BCUT2D eigenvalue weighted by Crippen LogP contribution is 2.54. The third kappa shape index (κ3) is 2.28. The molecule has 1 aromatic carbocycles. The molecule has 1 aliphatic heterocycles. The molecule has 7 heteroatoms. The topological polar surface area (TPSA) is 46.6 Å². The highest BCUT2D eigenvalue weighted by atomic mass is 19.2. The number of anilines is 1. The zero-order valence-electron chi connectivity index (χ0n) is 13.8. The molecule has 1 atom stereocenters. The van der Waals surface area contributed by atoms with Gasteiger partial charge in [0.1, 0.15) is 0 Å². The Kier molecular flexibility index (Phi) is 3.60. The van der Waals surface area contributed by atoms with E-state index in [0.717, 1.165) is 18.9 Å². The van der Waals surface area contributed by atoms with Gasteiger partial charge in [-0.1, -0.05) is 0 Å². The van der Waals surface area contributed by atoms with Crippen molar-refractivity contribution in [3.63, 3.8) is 0 Å². The minimum absolute atomic E-state index is 0.0327. The van der Waals surface area contributed by atoms with E-state index >= 15 is 0 Å². The molecule has 25 heavy (non-hydrogen) atoms. The number of hydrogen-bond donors (Lipinski definition) is 0. The molecule has 2 saturated carbocycles. The van der Waals surface area contributed by atoms with Gasteiger partial charge in [0.05, 0.1) is 12.3 Å². The number of halogens is 3. The number of esters is 1. The van der Waals surface area contributed by atoms with Gasteiger partial charge in [0.15, 0.2) is 28.6 Å². The van der Waals surface area contributed by atoms with Crippen molar-refractivity contribution >= 4 is 17.4 Å². The first kappa shape index (κ1) is 16.4. The summed E-state index contributed by atoms with van der Waals surface area (Å²) in [5.41, 5.74) is -1.93. The smallest absolute Gasteiger partial charge is 0.322 e. The second-order valence-corrected chi connectivity index (χ2v) is 7.04. The Morgan fingerprint density at radius 2 is 1.92 bits per heavy atom.